The van der Waals surface area contributed by atoms with Gasteiger partial charge in [-0.2, -0.15) is 0 Å². The average molecular weight is 327 g/mol. The van der Waals surface area contributed by atoms with E-state index < -0.39 is 0 Å². The molecule has 0 bridgehead atoms. The summed E-state index contributed by atoms with van der Waals surface area (Å²) in [4.78, 5) is 26.0. The Bertz CT molecular complexity index is 809. The van der Waals surface area contributed by atoms with E-state index in [9.17, 15) is 14.7 Å². The zero-order valence-electron chi connectivity index (χ0n) is 14.5. The highest BCUT2D eigenvalue weighted by Gasteiger charge is 2.30. The van der Waals surface area contributed by atoms with Crippen LogP contribution in [0.2, 0.25) is 0 Å². The van der Waals surface area contributed by atoms with Crippen LogP contribution in [-0.2, 0) is 4.79 Å². The fraction of sp³-hybridized carbons (Fsp3) is 0.263. The Morgan fingerprint density at radius 2 is 1.62 bits per heavy atom. The molecule has 5 nitrogen and oxygen atoms in total. The van der Waals surface area contributed by atoms with Crippen LogP contribution in [0.15, 0.2) is 40.5 Å². The molecule has 0 saturated carbocycles. The molecule has 0 unspecified atom stereocenters. The number of anilines is 1. The minimum Gasteiger partial charge on any atom is -0.512 e. The SMILES string of the molecule is CC(=O)/C(=C(\C)O)c1oc(N(C)C)c(C(C)=O)c1-c1ccccc1. The molecule has 0 radical (unpaired) electrons. The summed E-state index contributed by atoms with van der Waals surface area (Å²) in [6.07, 6.45) is 0. The first-order valence-electron chi connectivity index (χ1n) is 7.57. The van der Waals surface area contributed by atoms with E-state index in [-0.39, 0.29) is 28.7 Å². The highest BCUT2D eigenvalue weighted by Crippen LogP contribution is 2.41. The van der Waals surface area contributed by atoms with Crippen LogP contribution < -0.4 is 4.90 Å². The van der Waals surface area contributed by atoms with Crippen LogP contribution in [0.3, 0.4) is 0 Å². The summed E-state index contributed by atoms with van der Waals surface area (Å²) in [6.45, 7) is 4.24. The van der Waals surface area contributed by atoms with Gasteiger partial charge in [-0.05, 0) is 26.3 Å². The van der Waals surface area contributed by atoms with Crippen LogP contribution in [0.1, 0.15) is 36.9 Å². The van der Waals surface area contributed by atoms with Crippen molar-refractivity contribution in [1.29, 1.82) is 0 Å². The molecule has 2 aromatic rings. The number of allylic oxidation sites excluding steroid dienone is 2. The van der Waals surface area contributed by atoms with Crippen molar-refractivity contribution in [3.63, 3.8) is 0 Å². The number of rotatable bonds is 5. The van der Waals surface area contributed by atoms with Crippen LogP contribution >= 0.6 is 0 Å². The summed E-state index contributed by atoms with van der Waals surface area (Å²) >= 11 is 0. The van der Waals surface area contributed by atoms with Crippen LogP contribution in [0.25, 0.3) is 16.7 Å². The molecule has 2 rings (SSSR count). The van der Waals surface area contributed by atoms with Gasteiger partial charge in [-0.25, -0.2) is 0 Å². The van der Waals surface area contributed by atoms with Crippen LogP contribution in [-0.4, -0.2) is 30.8 Å². The molecule has 0 atom stereocenters. The van der Waals surface area contributed by atoms with Gasteiger partial charge in [0.2, 0.25) is 5.88 Å². The first-order chi connectivity index (χ1) is 11.3. The Morgan fingerprint density at radius 3 is 2.04 bits per heavy atom. The largest absolute Gasteiger partial charge is 0.512 e. The highest BCUT2D eigenvalue weighted by atomic mass is 16.4. The molecule has 1 N–H and O–H groups in total. The highest BCUT2D eigenvalue weighted by molar-refractivity contribution is 6.22. The van der Waals surface area contributed by atoms with E-state index in [0.717, 1.165) is 5.56 Å². The molecule has 0 saturated heterocycles. The Labute approximate surface area is 141 Å². The van der Waals surface area contributed by atoms with Crippen LogP contribution in [0.4, 0.5) is 5.88 Å². The lowest BCUT2D eigenvalue weighted by Gasteiger charge is -2.10. The molecule has 1 aromatic heterocycles. The second kappa shape index (κ2) is 6.74. The van der Waals surface area contributed by atoms with Crippen molar-refractivity contribution >= 4 is 23.0 Å². The number of benzene rings is 1. The number of carbonyl (C=O) groups excluding carboxylic acids is 2. The second-order valence-electron chi connectivity index (χ2n) is 5.82. The number of furan rings is 1. The van der Waals surface area contributed by atoms with E-state index in [2.05, 4.69) is 0 Å². The Kier molecular flexibility index (Phi) is 4.93. The number of nitrogens with zero attached hydrogens (tertiary/aromatic N) is 1. The van der Waals surface area contributed by atoms with Crippen molar-refractivity contribution in [2.45, 2.75) is 20.8 Å². The number of carbonyl (C=O) groups is 2. The molecule has 0 spiro atoms. The van der Waals surface area contributed by atoms with Crippen molar-refractivity contribution < 1.29 is 19.1 Å². The van der Waals surface area contributed by atoms with E-state index in [1.54, 1.807) is 19.0 Å². The fourth-order valence-corrected chi connectivity index (χ4v) is 2.70. The maximum Gasteiger partial charge on any atom is 0.207 e. The number of aliphatic hydroxyl groups excluding tert-OH is 1. The zero-order valence-corrected chi connectivity index (χ0v) is 14.5. The van der Waals surface area contributed by atoms with E-state index in [4.69, 9.17) is 4.42 Å². The van der Waals surface area contributed by atoms with Gasteiger partial charge in [0.05, 0.1) is 11.1 Å². The zero-order chi connectivity index (χ0) is 18.0. The molecule has 126 valence electrons. The summed E-state index contributed by atoms with van der Waals surface area (Å²) in [6, 6.07) is 9.22. The van der Waals surface area contributed by atoms with Crippen molar-refractivity contribution in [1.82, 2.24) is 0 Å². The van der Waals surface area contributed by atoms with Gasteiger partial charge in [-0.1, -0.05) is 30.3 Å². The minimum atomic E-state index is -0.332. The molecule has 1 aromatic carbocycles. The number of aliphatic hydroxyl groups is 1. The summed E-state index contributed by atoms with van der Waals surface area (Å²) in [5.41, 5.74) is 1.73. The third kappa shape index (κ3) is 3.11. The van der Waals surface area contributed by atoms with Gasteiger partial charge in [0, 0.05) is 19.7 Å². The summed E-state index contributed by atoms with van der Waals surface area (Å²) in [5.74, 6) is -0.0832. The quantitative estimate of drug-likeness (QED) is 0.509. The standard InChI is InChI=1S/C19H21NO4/c1-11(21)15(12(2)22)18-17(14-9-7-6-8-10-14)16(13(3)23)19(24-18)20(4)5/h6-10,21H,1-5H3/b15-11-. The van der Waals surface area contributed by atoms with Crippen LogP contribution in [0.5, 0.6) is 0 Å². The molecule has 0 aliphatic rings. The van der Waals surface area contributed by atoms with Gasteiger partial charge < -0.3 is 14.4 Å². The summed E-state index contributed by atoms with van der Waals surface area (Å²) in [7, 11) is 3.51. The average Bonchev–Trinajstić information content (AvgIpc) is 2.87. The van der Waals surface area contributed by atoms with E-state index >= 15 is 0 Å². The predicted octanol–water partition coefficient (Wildman–Crippen LogP) is 4.09. The van der Waals surface area contributed by atoms with Gasteiger partial charge >= 0.3 is 0 Å². The smallest absolute Gasteiger partial charge is 0.207 e. The molecule has 5 heteroatoms. The summed E-state index contributed by atoms with van der Waals surface area (Å²) in [5, 5.41) is 9.98. The topological polar surface area (TPSA) is 70.8 Å². The first-order valence-corrected chi connectivity index (χ1v) is 7.57. The van der Waals surface area contributed by atoms with E-state index in [1.165, 1.54) is 20.8 Å². The molecule has 24 heavy (non-hydrogen) atoms. The number of hydrogen-bond acceptors (Lipinski definition) is 5. The van der Waals surface area contributed by atoms with Gasteiger partial charge in [0.25, 0.3) is 0 Å². The molecule has 0 amide bonds. The molecule has 0 aliphatic carbocycles. The number of hydrogen-bond donors (Lipinski definition) is 1. The first kappa shape index (κ1) is 17.5. The van der Waals surface area contributed by atoms with Gasteiger partial charge in [-0.15, -0.1) is 0 Å². The van der Waals surface area contributed by atoms with E-state index in [0.29, 0.717) is 17.0 Å². The maximum absolute atomic E-state index is 12.3. The lowest BCUT2D eigenvalue weighted by Crippen LogP contribution is -2.11. The molecular weight excluding hydrogens is 306 g/mol. The molecule has 1 heterocycles. The number of ketones is 2. The number of Topliss-reactive ketones (excluding diaryl/α,β-unsaturated/α-hetero) is 2. The lowest BCUT2D eigenvalue weighted by atomic mass is 9.94. The Balaban J connectivity index is 2.95. The Morgan fingerprint density at radius 1 is 1.04 bits per heavy atom. The maximum atomic E-state index is 12.3. The van der Waals surface area contributed by atoms with Crippen molar-refractivity contribution in [2.24, 2.45) is 0 Å². The van der Waals surface area contributed by atoms with E-state index in [1.807, 2.05) is 30.3 Å². The normalized spacial score (nSPS) is 11.9. The molecule has 0 fully saturated rings. The van der Waals surface area contributed by atoms with Gasteiger partial charge in [0.1, 0.15) is 5.76 Å². The van der Waals surface area contributed by atoms with Gasteiger partial charge in [0.15, 0.2) is 17.3 Å². The van der Waals surface area contributed by atoms with Crippen molar-refractivity contribution in [3.05, 3.63) is 47.4 Å². The third-order valence-corrected chi connectivity index (χ3v) is 3.65. The Hall–Kier alpha value is -2.82. The monoisotopic (exact) mass is 327 g/mol. The fourth-order valence-electron chi connectivity index (χ4n) is 2.70. The minimum absolute atomic E-state index is 0.0736. The molecule has 0 aliphatic heterocycles. The van der Waals surface area contributed by atoms with Crippen LogP contribution in [0, 0.1) is 0 Å². The van der Waals surface area contributed by atoms with Crippen molar-refractivity contribution in [3.8, 4) is 11.1 Å². The summed E-state index contributed by atoms with van der Waals surface area (Å²) < 4.78 is 5.87. The van der Waals surface area contributed by atoms with Crippen molar-refractivity contribution in [2.75, 3.05) is 19.0 Å². The third-order valence-electron chi connectivity index (χ3n) is 3.65. The van der Waals surface area contributed by atoms with Gasteiger partial charge in [-0.3, -0.25) is 9.59 Å². The second-order valence-corrected chi connectivity index (χ2v) is 5.82. The lowest BCUT2D eigenvalue weighted by molar-refractivity contribution is -0.112. The predicted molar refractivity (Wildman–Crippen MR) is 94.4 cm³/mol. The molecular formula is C19H21NO4.